The van der Waals surface area contributed by atoms with Crippen LogP contribution < -0.4 is 18.9 Å². The van der Waals surface area contributed by atoms with Crippen LogP contribution in [-0.4, -0.2) is 34.4 Å². The average Bonchev–Trinajstić information content (AvgIpc) is 2.80. The molecule has 0 radical (unpaired) electrons. The minimum Gasteiger partial charge on any atom is -0.619 e. The van der Waals surface area contributed by atoms with Crippen LogP contribution in [0.2, 0.25) is 0 Å². The Morgan fingerprint density at radius 3 is 0.500 bits per heavy atom. The van der Waals surface area contributed by atoms with Crippen molar-refractivity contribution >= 4 is 14.5 Å². The summed E-state index contributed by atoms with van der Waals surface area (Å²) in [5.41, 5.74) is 0. The van der Waals surface area contributed by atoms with Gasteiger partial charge in [-0.2, -0.15) is 18.9 Å². The molecule has 4 heterocycles. The zero-order chi connectivity index (χ0) is 29.5. The number of rotatable bonds is 0. The largest absolute Gasteiger partial charge is 1.00 e. The van der Waals surface area contributed by atoms with E-state index in [4.69, 9.17) is 0 Å². The van der Waals surface area contributed by atoms with E-state index in [0.29, 0.717) is 18.9 Å². The quantitative estimate of drug-likeness (QED) is 0.113. The summed E-state index contributed by atoms with van der Waals surface area (Å²) in [7, 11) is -12.0. The van der Waals surface area contributed by atoms with E-state index >= 15 is 0 Å². The third-order valence-electron chi connectivity index (χ3n) is 2.40. The molecule has 40 heavy (non-hydrogen) atoms. The standard InChI is InChI=1S/4C4H4N2O.2Ag.2BF4/c4*7-6-3-1-5-2-4-6;;;2*2-1(3,4)5/h4*1-4H;;;;/q;;;;2*+1;2*-1. The first-order valence-electron chi connectivity index (χ1n) is 9.27. The van der Waals surface area contributed by atoms with Gasteiger partial charge in [-0.05, 0) is 0 Å². The van der Waals surface area contributed by atoms with Crippen LogP contribution in [0.3, 0.4) is 0 Å². The molecule has 0 atom stereocenters. The van der Waals surface area contributed by atoms with Crippen LogP contribution in [0.4, 0.5) is 34.5 Å². The van der Waals surface area contributed by atoms with Crippen LogP contribution in [-0.2, 0) is 44.8 Å². The van der Waals surface area contributed by atoms with Crippen LogP contribution in [0.5, 0.6) is 0 Å². The van der Waals surface area contributed by atoms with Crippen LogP contribution in [0, 0.1) is 20.8 Å². The van der Waals surface area contributed by atoms with Gasteiger partial charge in [0.1, 0.15) is 0 Å². The van der Waals surface area contributed by atoms with Gasteiger partial charge in [-0.25, -0.2) is 0 Å². The van der Waals surface area contributed by atoms with E-state index in [-0.39, 0.29) is 44.8 Å². The summed E-state index contributed by atoms with van der Waals surface area (Å²) in [5.74, 6) is 0. The van der Waals surface area contributed by atoms with Crippen molar-refractivity contribution in [1.29, 1.82) is 0 Å². The Balaban J connectivity index is -0.000000194. The fourth-order valence-electron chi connectivity index (χ4n) is 1.23. The zero-order valence-corrected chi connectivity index (χ0v) is 22.2. The second kappa shape index (κ2) is 25.8. The molecule has 4 aromatic heterocycles. The van der Waals surface area contributed by atoms with Gasteiger partial charge in [0.2, 0.25) is 0 Å². The molecule has 0 spiro atoms. The molecule has 4 aromatic rings. The topological polar surface area (TPSA) is 159 Å². The number of nitrogens with zero attached hydrogens (tertiary/aromatic N) is 8. The minimum atomic E-state index is -6.00. The Kier molecular flexibility index (Phi) is 28.2. The van der Waals surface area contributed by atoms with Gasteiger partial charge in [0.15, 0.2) is 49.6 Å². The molecule has 0 aliphatic rings. The van der Waals surface area contributed by atoms with Gasteiger partial charge in [-0.1, -0.05) is 0 Å². The van der Waals surface area contributed by atoms with Crippen molar-refractivity contribution in [1.82, 2.24) is 19.9 Å². The average molecular weight is 774 g/mol. The maximum atomic E-state index is 10.1. The monoisotopic (exact) mass is 772 g/mol. The molecule has 0 saturated carbocycles. The number of hydrogen-bond donors (Lipinski definition) is 0. The minimum absolute atomic E-state index is 0. The number of halogens is 8. The van der Waals surface area contributed by atoms with Gasteiger partial charge in [0, 0.05) is 0 Å². The Hall–Kier alpha value is -3.43. The summed E-state index contributed by atoms with van der Waals surface area (Å²) < 4.78 is 80.8. The third kappa shape index (κ3) is 47.7. The van der Waals surface area contributed by atoms with Gasteiger partial charge >= 0.3 is 59.3 Å². The predicted octanol–water partition coefficient (Wildman–Crippen LogP) is 1.46. The van der Waals surface area contributed by atoms with Gasteiger partial charge in [0.25, 0.3) is 0 Å². The molecule has 0 aliphatic heterocycles. The van der Waals surface area contributed by atoms with E-state index in [0.717, 1.165) is 0 Å². The Bertz CT molecular complexity index is 902. The molecule has 0 unspecified atom stereocenters. The molecule has 24 heteroatoms. The normalized spacial score (nSPS) is 9.00. The van der Waals surface area contributed by atoms with E-state index in [1.54, 1.807) is 0 Å². The number of aromatic nitrogens is 8. The van der Waals surface area contributed by atoms with E-state index in [9.17, 15) is 55.4 Å². The molecule has 12 nitrogen and oxygen atoms in total. The molecule has 4 rings (SSSR count). The van der Waals surface area contributed by atoms with Gasteiger partial charge < -0.3 is 55.4 Å². The first-order chi connectivity index (χ1) is 17.6. The fraction of sp³-hybridized carbons (Fsp3) is 0. The first-order valence-corrected chi connectivity index (χ1v) is 9.27. The smallest absolute Gasteiger partial charge is 0.619 e. The van der Waals surface area contributed by atoms with Crippen LogP contribution in [0.1, 0.15) is 0 Å². The summed E-state index contributed by atoms with van der Waals surface area (Å²) in [6.45, 7) is 0. The van der Waals surface area contributed by atoms with Crippen molar-refractivity contribution in [3.8, 4) is 0 Å². The fourth-order valence-corrected chi connectivity index (χ4v) is 1.23. The van der Waals surface area contributed by atoms with Crippen molar-refractivity contribution in [2.24, 2.45) is 0 Å². The third-order valence-corrected chi connectivity index (χ3v) is 2.40. The molecule has 228 valence electrons. The molecule has 0 saturated heterocycles. The molecule has 0 amide bonds. The number of hydrogen-bond acceptors (Lipinski definition) is 8. The Morgan fingerprint density at radius 1 is 0.350 bits per heavy atom. The predicted molar refractivity (Wildman–Crippen MR) is 113 cm³/mol. The van der Waals surface area contributed by atoms with Crippen LogP contribution in [0.15, 0.2) is 99.1 Å². The van der Waals surface area contributed by atoms with Gasteiger partial charge in [0.05, 0.1) is 49.6 Å². The molecule has 0 aliphatic carbocycles. The zero-order valence-electron chi connectivity index (χ0n) is 19.2. The SMILES string of the molecule is F[B-](F)(F)F.F[B-](F)(F)F.[Ag+].[Ag+].[O-][n+]1ccncc1.[O-][n+]1ccncc1.[O-][n+]1ccncc1.[O-][n+]1ccncc1. The van der Waals surface area contributed by atoms with Crippen molar-refractivity contribution in [3.05, 3.63) is 120 Å². The van der Waals surface area contributed by atoms with E-state index in [2.05, 4.69) is 19.9 Å². The van der Waals surface area contributed by atoms with Gasteiger partial charge in [-0.15, -0.1) is 0 Å². The van der Waals surface area contributed by atoms with Crippen molar-refractivity contribution in [3.63, 3.8) is 0 Å². The maximum Gasteiger partial charge on any atom is 1.00 e. The summed E-state index contributed by atoms with van der Waals surface area (Å²) >= 11 is 0. The molecule has 0 aromatic carbocycles. The van der Waals surface area contributed by atoms with E-state index in [1.807, 2.05) is 0 Å². The van der Waals surface area contributed by atoms with Crippen molar-refractivity contribution in [2.45, 2.75) is 0 Å². The summed E-state index contributed by atoms with van der Waals surface area (Å²) in [4.78, 5) is 14.5. The molecular formula is C16H16Ag2B2F8N8O4. The van der Waals surface area contributed by atoms with E-state index in [1.165, 1.54) is 99.1 Å². The Labute approximate surface area is 252 Å². The van der Waals surface area contributed by atoms with Crippen LogP contribution >= 0.6 is 0 Å². The van der Waals surface area contributed by atoms with E-state index < -0.39 is 14.5 Å². The second-order valence-corrected chi connectivity index (χ2v) is 5.41. The Morgan fingerprint density at radius 2 is 0.450 bits per heavy atom. The maximum absolute atomic E-state index is 10.1. The first kappa shape index (κ1) is 43.6. The molecule has 0 fully saturated rings. The summed E-state index contributed by atoms with van der Waals surface area (Å²) in [6.07, 6.45) is 22.2. The molecule has 0 N–H and O–H groups in total. The van der Waals surface area contributed by atoms with Crippen LogP contribution in [0.25, 0.3) is 0 Å². The summed E-state index contributed by atoms with van der Waals surface area (Å²) in [5, 5.41) is 40.6. The van der Waals surface area contributed by atoms with Crippen molar-refractivity contribution < 1.29 is 98.2 Å². The second-order valence-electron chi connectivity index (χ2n) is 5.41. The molecule has 0 bridgehead atoms. The van der Waals surface area contributed by atoms with Crippen molar-refractivity contribution in [2.75, 3.05) is 0 Å². The molecular weight excluding hydrogens is 758 g/mol. The van der Waals surface area contributed by atoms with Gasteiger partial charge in [-0.3, -0.25) is 19.9 Å². The summed E-state index contributed by atoms with van der Waals surface area (Å²) in [6, 6.07) is 0.